The Morgan fingerprint density at radius 2 is 2.07 bits per heavy atom. The third kappa shape index (κ3) is 1.87. The zero-order valence-corrected chi connectivity index (χ0v) is 8.78. The molecule has 0 aliphatic carbocycles. The Bertz CT molecular complexity index is 493. The van der Waals surface area contributed by atoms with Crippen molar-refractivity contribution in [1.82, 2.24) is 9.97 Å². The topological polar surface area (TPSA) is 63.1 Å². The summed E-state index contributed by atoms with van der Waals surface area (Å²) in [5.41, 5.74) is 1.69. The van der Waals surface area contributed by atoms with Gasteiger partial charge in [-0.25, -0.2) is 9.78 Å². The monoisotopic (exact) mass is 220 g/mol. The van der Waals surface area contributed by atoms with E-state index in [2.05, 4.69) is 9.97 Å². The van der Waals surface area contributed by atoms with E-state index in [-0.39, 0.29) is 5.01 Å². The zero-order chi connectivity index (χ0) is 10.8. The second-order valence-electron chi connectivity index (χ2n) is 2.97. The molecule has 76 valence electrons. The van der Waals surface area contributed by atoms with E-state index in [4.69, 9.17) is 5.11 Å². The lowest BCUT2D eigenvalue weighted by Gasteiger charge is -1.95. The van der Waals surface area contributed by atoms with Gasteiger partial charge in [0.2, 0.25) is 5.01 Å². The van der Waals surface area contributed by atoms with Crippen molar-refractivity contribution in [2.24, 2.45) is 0 Å². The number of carboxylic acids is 1. The van der Waals surface area contributed by atoms with Crippen molar-refractivity contribution < 1.29 is 9.90 Å². The van der Waals surface area contributed by atoms with Gasteiger partial charge in [0.15, 0.2) is 0 Å². The fourth-order valence-electron chi connectivity index (χ4n) is 1.26. The van der Waals surface area contributed by atoms with Gasteiger partial charge in [-0.1, -0.05) is 0 Å². The third-order valence-electron chi connectivity index (χ3n) is 1.92. The maximum atomic E-state index is 10.7. The minimum absolute atomic E-state index is 0.124. The smallest absolute Gasteiger partial charge is 0.365 e. The molecule has 1 N–H and O–H groups in total. The van der Waals surface area contributed by atoms with Crippen LogP contribution in [0.25, 0.3) is 10.4 Å². The minimum atomic E-state index is -0.983. The lowest BCUT2D eigenvalue weighted by molar-refractivity contribution is 0.0696. The summed E-state index contributed by atoms with van der Waals surface area (Å²) < 4.78 is 0. The Morgan fingerprint density at radius 1 is 1.40 bits per heavy atom. The van der Waals surface area contributed by atoms with Crippen LogP contribution in [0.1, 0.15) is 15.5 Å². The highest BCUT2D eigenvalue weighted by atomic mass is 32.1. The number of carbonyl (C=O) groups is 1. The van der Waals surface area contributed by atoms with Gasteiger partial charge in [-0.05, 0) is 24.6 Å². The van der Waals surface area contributed by atoms with Gasteiger partial charge in [0, 0.05) is 12.4 Å². The Hall–Kier alpha value is -1.75. The predicted molar refractivity (Wildman–Crippen MR) is 57.0 cm³/mol. The summed E-state index contributed by atoms with van der Waals surface area (Å²) in [7, 11) is 0. The van der Waals surface area contributed by atoms with E-state index < -0.39 is 5.97 Å². The highest BCUT2D eigenvalue weighted by Gasteiger charge is 2.13. The first-order valence-electron chi connectivity index (χ1n) is 4.29. The molecule has 4 nitrogen and oxygen atoms in total. The number of thiazole rings is 1. The Labute approximate surface area is 90.3 Å². The molecule has 0 unspecified atom stereocenters. The van der Waals surface area contributed by atoms with E-state index in [1.165, 1.54) is 11.3 Å². The predicted octanol–water partition coefficient (Wildman–Crippen LogP) is 2.21. The van der Waals surface area contributed by atoms with Crippen LogP contribution in [0.3, 0.4) is 0 Å². The molecule has 0 aliphatic heterocycles. The molecule has 0 amide bonds. The number of pyridine rings is 1. The van der Waals surface area contributed by atoms with Crippen LogP contribution in [-0.4, -0.2) is 21.0 Å². The van der Waals surface area contributed by atoms with Crippen LogP contribution in [-0.2, 0) is 0 Å². The van der Waals surface area contributed by atoms with Crippen LogP contribution < -0.4 is 0 Å². The molecule has 2 heterocycles. The van der Waals surface area contributed by atoms with Gasteiger partial charge >= 0.3 is 5.97 Å². The Kier molecular flexibility index (Phi) is 2.47. The highest BCUT2D eigenvalue weighted by Crippen LogP contribution is 2.29. The van der Waals surface area contributed by atoms with E-state index in [0.29, 0.717) is 0 Å². The molecule has 0 radical (unpaired) electrons. The molecule has 0 saturated carbocycles. The van der Waals surface area contributed by atoms with Crippen molar-refractivity contribution in [2.45, 2.75) is 6.92 Å². The van der Waals surface area contributed by atoms with Crippen molar-refractivity contribution in [2.75, 3.05) is 0 Å². The molecule has 0 aromatic carbocycles. The fraction of sp³-hybridized carbons (Fsp3) is 0.100. The first-order chi connectivity index (χ1) is 7.18. The van der Waals surface area contributed by atoms with Crippen molar-refractivity contribution >= 4 is 17.3 Å². The lowest BCUT2D eigenvalue weighted by atomic mass is 10.2. The molecule has 0 aliphatic rings. The number of aromatic nitrogens is 2. The summed E-state index contributed by atoms with van der Waals surface area (Å²) in [4.78, 5) is 19.5. The van der Waals surface area contributed by atoms with Gasteiger partial charge < -0.3 is 5.11 Å². The molecular weight excluding hydrogens is 212 g/mol. The van der Waals surface area contributed by atoms with Gasteiger partial charge in [-0.3, -0.25) is 4.98 Å². The van der Waals surface area contributed by atoms with Crippen molar-refractivity contribution in [3.8, 4) is 10.4 Å². The van der Waals surface area contributed by atoms with Crippen LogP contribution in [0.15, 0.2) is 24.5 Å². The second kappa shape index (κ2) is 3.78. The van der Waals surface area contributed by atoms with E-state index in [9.17, 15) is 4.79 Å². The number of aryl methyl sites for hydroxylation is 1. The number of nitrogens with zero attached hydrogens (tertiary/aromatic N) is 2. The van der Waals surface area contributed by atoms with Crippen LogP contribution in [0.4, 0.5) is 0 Å². The number of hydrogen-bond acceptors (Lipinski definition) is 4. The van der Waals surface area contributed by atoms with Gasteiger partial charge in [0.05, 0.1) is 10.6 Å². The largest absolute Gasteiger partial charge is 0.476 e. The normalized spacial score (nSPS) is 10.2. The first-order valence-corrected chi connectivity index (χ1v) is 5.11. The number of rotatable bonds is 2. The average Bonchev–Trinajstić information content (AvgIpc) is 2.62. The SMILES string of the molecule is Cc1nc(C(=O)O)sc1-c1ccncc1. The van der Waals surface area contributed by atoms with E-state index in [1.54, 1.807) is 19.3 Å². The Balaban J connectivity index is 2.50. The molecule has 15 heavy (non-hydrogen) atoms. The van der Waals surface area contributed by atoms with Gasteiger partial charge in [0.1, 0.15) is 0 Å². The number of carboxylic acid groups (broad SMARTS) is 1. The number of aromatic carboxylic acids is 1. The average molecular weight is 220 g/mol. The standard InChI is InChI=1S/C10H8N2O2S/c1-6-8(7-2-4-11-5-3-7)15-9(12-6)10(13)14/h2-5H,1H3,(H,13,14). The van der Waals surface area contributed by atoms with Crippen molar-refractivity contribution in [3.63, 3.8) is 0 Å². The summed E-state index contributed by atoms with van der Waals surface area (Å²) in [6.45, 7) is 1.80. The maximum Gasteiger partial charge on any atom is 0.365 e. The van der Waals surface area contributed by atoms with Crippen molar-refractivity contribution in [3.05, 3.63) is 35.2 Å². The molecule has 0 saturated heterocycles. The van der Waals surface area contributed by atoms with Gasteiger partial charge in [0.25, 0.3) is 0 Å². The van der Waals surface area contributed by atoms with Gasteiger partial charge in [-0.15, -0.1) is 11.3 Å². The minimum Gasteiger partial charge on any atom is -0.476 e. The van der Waals surface area contributed by atoms with Gasteiger partial charge in [-0.2, -0.15) is 0 Å². The molecular formula is C10H8N2O2S. The van der Waals surface area contributed by atoms with E-state index in [1.807, 2.05) is 12.1 Å². The van der Waals surface area contributed by atoms with Crippen LogP contribution in [0, 0.1) is 6.92 Å². The molecule has 5 heteroatoms. The first kappa shape index (κ1) is 9.79. The molecule has 2 aromatic heterocycles. The van der Waals surface area contributed by atoms with Crippen LogP contribution in [0.2, 0.25) is 0 Å². The summed E-state index contributed by atoms with van der Waals surface area (Å²) in [5.74, 6) is -0.983. The number of hydrogen-bond donors (Lipinski definition) is 1. The zero-order valence-electron chi connectivity index (χ0n) is 7.97. The molecule has 0 bridgehead atoms. The fourth-order valence-corrected chi connectivity index (χ4v) is 2.17. The maximum absolute atomic E-state index is 10.7. The third-order valence-corrected chi connectivity index (χ3v) is 3.12. The Morgan fingerprint density at radius 3 is 2.60 bits per heavy atom. The highest BCUT2D eigenvalue weighted by molar-refractivity contribution is 7.17. The molecule has 0 spiro atoms. The quantitative estimate of drug-likeness (QED) is 0.842. The summed E-state index contributed by atoms with van der Waals surface area (Å²) in [6, 6.07) is 3.68. The molecule has 0 atom stereocenters. The van der Waals surface area contributed by atoms with Crippen LogP contribution in [0.5, 0.6) is 0 Å². The summed E-state index contributed by atoms with van der Waals surface area (Å²) >= 11 is 1.18. The molecule has 0 fully saturated rings. The molecule has 2 aromatic rings. The summed E-state index contributed by atoms with van der Waals surface area (Å²) in [5, 5.41) is 8.93. The second-order valence-corrected chi connectivity index (χ2v) is 3.97. The van der Waals surface area contributed by atoms with E-state index in [0.717, 1.165) is 16.1 Å². The van der Waals surface area contributed by atoms with E-state index >= 15 is 0 Å². The van der Waals surface area contributed by atoms with Crippen LogP contribution >= 0.6 is 11.3 Å². The summed E-state index contributed by atoms with van der Waals surface area (Å²) in [6.07, 6.45) is 3.35. The molecule has 2 rings (SSSR count). The van der Waals surface area contributed by atoms with Crippen molar-refractivity contribution in [1.29, 1.82) is 0 Å². The lowest BCUT2D eigenvalue weighted by Crippen LogP contribution is -1.93.